The van der Waals surface area contributed by atoms with Crippen LogP contribution in [0, 0.1) is 0 Å². The van der Waals surface area contributed by atoms with Crippen LogP contribution in [0.3, 0.4) is 0 Å². The monoisotopic (exact) mass is 902 g/mol. The summed E-state index contributed by atoms with van der Waals surface area (Å²) >= 11 is 0. The highest BCUT2D eigenvalue weighted by Gasteiger charge is 2.79. The Balaban J connectivity index is 0.000000188. The molecule has 7 fully saturated rings. The van der Waals surface area contributed by atoms with Crippen LogP contribution in [0.2, 0.25) is 0 Å². The number of hydrogen-bond donors (Lipinski definition) is 0. The van der Waals surface area contributed by atoms with E-state index in [4.69, 9.17) is 32.8 Å². The summed E-state index contributed by atoms with van der Waals surface area (Å²) in [5.41, 5.74) is 4.18. The van der Waals surface area contributed by atoms with Gasteiger partial charge >= 0.3 is 37.3 Å². The second-order valence-electron chi connectivity index (χ2n) is 18.1. The van der Waals surface area contributed by atoms with E-state index < -0.39 is 19.4 Å². The molecule has 0 N–H and O–H groups in total. The Labute approximate surface area is 389 Å². The number of carbonyl (C=O) groups is 4. The van der Waals surface area contributed by atoms with Crippen LogP contribution in [0.4, 0.5) is 0 Å². The second kappa shape index (κ2) is 19.7. The summed E-state index contributed by atoms with van der Waals surface area (Å²) in [6.07, 6.45) is 7.00. The Morgan fingerprint density at radius 3 is 1.45 bits per heavy atom. The highest BCUT2D eigenvalue weighted by atomic mass is 16.7. The van der Waals surface area contributed by atoms with Crippen molar-refractivity contribution in [1.29, 1.82) is 0 Å². The summed E-state index contributed by atoms with van der Waals surface area (Å²) in [6.45, 7) is -3.03. The fourth-order valence-corrected chi connectivity index (χ4v) is 11.7. The van der Waals surface area contributed by atoms with E-state index in [1.807, 2.05) is 127 Å². The molecule has 5 aliphatic heterocycles. The molecule has 0 aromatic heterocycles. The van der Waals surface area contributed by atoms with Gasteiger partial charge in [0, 0.05) is 0 Å². The van der Waals surface area contributed by atoms with E-state index in [1.165, 1.54) is 0 Å². The second-order valence-corrected chi connectivity index (χ2v) is 18.1. The number of epoxide rings is 1. The van der Waals surface area contributed by atoms with E-state index >= 15 is 0 Å². The number of rotatable bonds is 12. The van der Waals surface area contributed by atoms with Crippen LogP contribution in [-0.2, 0) is 65.2 Å². The highest BCUT2D eigenvalue weighted by Crippen LogP contribution is 2.55. The summed E-state index contributed by atoms with van der Waals surface area (Å²) in [7, 11) is 0. The van der Waals surface area contributed by atoms with E-state index in [0.29, 0.717) is 13.2 Å². The van der Waals surface area contributed by atoms with Gasteiger partial charge in [-0.2, -0.15) is 0 Å². The third-order valence-corrected chi connectivity index (χ3v) is 14.5. The van der Waals surface area contributed by atoms with Gasteiger partial charge in [0.05, 0.1) is 31.4 Å². The van der Waals surface area contributed by atoms with Gasteiger partial charge in [-0.15, -0.1) is 0 Å². The minimum Gasteiger partial charge on any atom is -0.598 e. The van der Waals surface area contributed by atoms with Crippen molar-refractivity contribution in [1.82, 2.24) is 0 Å². The first-order valence-electron chi connectivity index (χ1n) is 22.4. The lowest BCUT2D eigenvalue weighted by Crippen LogP contribution is -2.71. The van der Waals surface area contributed by atoms with E-state index in [1.54, 1.807) is 5.98 Å². The molecule has 4 aromatic rings. The van der Waals surface area contributed by atoms with Gasteiger partial charge in [-0.05, 0) is 60.8 Å². The minimum absolute atomic E-state index is 0. The van der Waals surface area contributed by atoms with E-state index in [-0.39, 0.29) is 112 Å². The predicted molar refractivity (Wildman–Crippen MR) is 251 cm³/mol. The fourth-order valence-electron chi connectivity index (χ4n) is 11.7. The van der Waals surface area contributed by atoms with Gasteiger partial charge < -0.3 is 41.6 Å². The molecule has 11 rings (SSSR count). The first-order chi connectivity index (χ1) is 30.7. The predicted octanol–water partition coefficient (Wildman–Crippen LogP) is 7.83. The average Bonchev–Trinajstić information content (AvgIpc) is 3.72. The Bertz CT molecular complexity index is 2320. The third-order valence-electron chi connectivity index (χ3n) is 14.5. The molecule has 5 saturated heterocycles. The first-order valence-corrected chi connectivity index (χ1v) is 22.4. The van der Waals surface area contributed by atoms with E-state index in [2.05, 4.69) is 0 Å². The van der Waals surface area contributed by atoms with Crippen molar-refractivity contribution in [2.75, 3.05) is 26.2 Å². The normalized spacial score (nSPS) is 33.5. The molecule has 0 bridgehead atoms. The van der Waals surface area contributed by atoms with Crippen LogP contribution < -0.4 is 0 Å². The van der Waals surface area contributed by atoms with Crippen LogP contribution in [0.15, 0.2) is 127 Å². The number of ether oxygens (including phenoxy) is 3. The van der Waals surface area contributed by atoms with Crippen LogP contribution in [0.1, 0.15) is 89.2 Å². The lowest BCUT2D eigenvalue weighted by atomic mass is 9.60. The molecule has 13 nitrogen and oxygen atoms in total. The maximum absolute atomic E-state index is 12.7. The molecule has 15 heteroatoms. The standard InChI is InChI=1S/C24H26BNO6.C24H26BNO5.3CH4/c27-21-14-26(19-12-7-13-20(19)29-16-17-8-3-1-4-9-17)15-22(28)32-25(26,31-21)24-23(30-24)18-10-5-2-6-11-18;27-23-16-26(21-12-7-13-22(21)29-18-20-10-5-2-6-11-20)17-24(28)31-25(26,30-23)15-14-19-8-3-1-4-9-19;;;/h1-6,8-11,19-20,23-24H,7,12-16H2;1-6,8-11,14-15,21-22H,7,12-13,16-18H2;3*1H4/b;15-14+;;;/t19-,20-,23?,24?,25?,26?;21-,22-,25?,26?;;;/m11.../s1. The van der Waals surface area contributed by atoms with Gasteiger partial charge in [0.15, 0.2) is 0 Å². The third kappa shape index (κ3) is 8.75. The SMILES string of the molecule is C.C.C.O=C1C[N+]2([C@@H]3CCC[C@H]3OCc3ccccc3)CC(=O)O[B-]2(/C=C/c2ccccc2)O1.O=C1C[N+]2([C@@H]3CCC[C@H]3OCc3ccccc3)CC(=O)O[B-]2(C2OC2c2ccccc2)O1. The van der Waals surface area contributed by atoms with E-state index in [0.717, 1.165) is 60.8 Å². The average molecular weight is 903 g/mol. The largest absolute Gasteiger partial charge is 0.615 e. The van der Waals surface area contributed by atoms with Crippen LogP contribution in [0.5, 0.6) is 0 Å². The van der Waals surface area contributed by atoms with Crippen molar-refractivity contribution in [3.05, 3.63) is 150 Å². The summed E-state index contributed by atoms with van der Waals surface area (Å²) < 4.78 is 42.6. The number of nitrogens with zero attached hydrogens (tertiary/aromatic N) is 2. The molecular formula is C51H64B2N2O11. The molecule has 350 valence electrons. The van der Waals surface area contributed by atoms with Crippen molar-refractivity contribution in [2.45, 2.75) is 110 Å². The maximum atomic E-state index is 12.7. The first kappa shape index (κ1) is 48.4. The number of hydrogen-bond acceptors (Lipinski definition) is 11. The van der Waals surface area contributed by atoms with Gasteiger partial charge in [0.25, 0.3) is 0 Å². The molecule has 2 saturated carbocycles. The molecule has 0 amide bonds. The number of fused-ring (bicyclic) bond motifs is 2. The number of benzene rings is 4. The summed E-state index contributed by atoms with van der Waals surface area (Å²) in [5.74, 6) is 0.512. The summed E-state index contributed by atoms with van der Waals surface area (Å²) in [4.78, 5) is 50.4. The van der Waals surface area contributed by atoms with Crippen molar-refractivity contribution in [3.63, 3.8) is 0 Å². The topological polar surface area (TPSA) is 136 Å². The minimum atomic E-state index is -2.30. The van der Waals surface area contributed by atoms with Crippen molar-refractivity contribution < 1.29 is 60.8 Å². The number of carbonyl (C=O) groups excluding carboxylic acids is 4. The Morgan fingerprint density at radius 2 is 0.955 bits per heavy atom. The van der Waals surface area contributed by atoms with Crippen LogP contribution in [-0.4, -0.2) is 103 Å². The Kier molecular flexibility index (Phi) is 14.5. The van der Waals surface area contributed by atoms with Gasteiger partial charge in [0.2, 0.25) is 0 Å². The highest BCUT2D eigenvalue weighted by molar-refractivity contribution is 6.71. The summed E-state index contributed by atoms with van der Waals surface area (Å²) in [6, 6.07) is 39.2. The molecule has 6 atom stereocenters. The van der Waals surface area contributed by atoms with Crippen molar-refractivity contribution in [3.8, 4) is 0 Å². The van der Waals surface area contributed by atoms with Gasteiger partial charge in [-0.25, -0.2) is 0 Å². The van der Waals surface area contributed by atoms with Gasteiger partial charge in [0.1, 0.15) is 44.4 Å². The molecule has 4 aromatic carbocycles. The van der Waals surface area contributed by atoms with E-state index in [9.17, 15) is 19.2 Å². The quantitative estimate of drug-likeness (QED) is 0.102. The zero-order valence-electron chi connectivity index (χ0n) is 35.2. The molecular weight excluding hydrogens is 838 g/mol. The Morgan fingerprint density at radius 1 is 0.530 bits per heavy atom. The molecule has 66 heavy (non-hydrogen) atoms. The van der Waals surface area contributed by atoms with Crippen LogP contribution in [0.25, 0.3) is 6.08 Å². The Hall–Kier alpha value is -5.57. The molecule has 0 radical (unpaired) electrons. The maximum Gasteiger partial charge on any atom is 0.615 e. The molecule has 2 unspecified atom stereocenters. The molecule has 2 aliphatic carbocycles. The molecule has 7 aliphatic rings. The molecule has 0 spiro atoms. The lowest BCUT2D eigenvalue weighted by molar-refractivity contribution is -0.846. The number of quaternary nitrogens is 2. The lowest BCUT2D eigenvalue weighted by Gasteiger charge is -2.49. The van der Waals surface area contributed by atoms with Gasteiger partial charge in [-0.1, -0.05) is 156 Å². The van der Waals surface area contributed by atoms with Crippen molar-refractivity contribution in [2.24, 2.45) is 0 Å². The van der Waals surface area contributed by atoms with Crippen molar-refractivity contribution >= 4 is 43.3 Å². The van der Waals surface area contributed by atoms with Crippen LogP contribution >= 0.6 is 0 Å². The summed E-state index contributed by atoms with van der Waals surface area (Å²) in [5, 5.41) is 0. The zero-order chi connectivity index (χ0) is 43.1. The smallest absolute Gasteiger partial charge is 0.598 e. The zero-order valence-corrected chi connectivity index (χ0v) is 35.2. The van der Waals surface area contributed by atoms with Gasteiger partial charge in [-0.3, -0.25) is 19.2 Å². The molecule has 5 heterocycles. The fraction of sp³-hybridized carbons (Fsp3) is 0.412.